The monoisotopic (exact) mass is 223 g/mol. The summed E-state index contributed by atoms with van der Waals surface area (Å²) in [6, 6.07) is 0. The second kappa shape index (κ2) is 4.87. The number of nitrogens with two attached hydrogens (primary N) is 1. The number of anilines is 1. The Balaban J connectivity index is 2.22. The van der Waals surface area contributed by atoms with E-state index in [1.165, 1.54) is 0 Å². The number of rotatable bonds is 3. The largest absolute Gasteiger partial charge is 0.384 e. The zero-order valence-electron chi connectivity index (χ0n) is 10.2. The van der Waals surface area contributed by atoms with Crippen molar-refractivity contribution in [3.63, 3.8) is 0 Å². The van der Waals surface area contributed by atoms with Gasteiger partial charge < -0.3 is 15.0 Å². The van der Waals surface area contributed by atoms with Gasteiger partial charge in [-0.05, 0) is 19.3 Å². The van der Waals surface area contributed by atoms with Crippen LogP contribution in [0.1, 0.15) is 43.6 Å². The second-order valence-electron chi connectivity index (χ2n) is 4.49. The van der Waals surface area contributed by atoms with Gasteiger partial charge in [0, 0.05) is 32.6 Å². The highest BCUT2D eigenvalue weighted by atomic mass is 16.5. The number of nitrogens with zero attached hydrogens (tertiary/aromatic N) is 2. The maximum absolute atomic E-state index is 6.12. The summed E-state index contributed by atoms with van der Waals surface area (Å²) in [4.78, 5) is 4.71. The van der Waals surface area contributed by atoms with Gasteiger partial charge in [-0.1, -0.05) is 6.92 Å². The lowest BCUT2D eigenvalue weighted by Crippen LogP contribution is -2.15. The molecule has 1 aromatic rings. The van der Waals surface area contributed by atoms with Crippen molar-refractivity contribution in [2.24, 2.45) is 7.05 Å². The number of hydrogen-bond acceptors (Lipinski definition) is 3. The molecule has 0 unspecified atom stereocenters. The number of hydrogen-bond donors (Lipinski definition) is 1. The van der Waals surface area contributed by atoms with Crippen LogP contribution < -0.4 is 5.73 Å². The van der Waals surface area contributed by atoms with Gasteiger partial charge in [0.15, 0.2) is 0 Å². The molecule has 4 nitrogen and oxygen atoms in total. The first kappa shape index (κ1) is 11.5. The van der Waals surface area contributed by atoms with E-state index in [0.717, 1.165) is 56.2 Å². The van der Waals surface area contributed by atoms with Gasteiger partial charge in [-0.25, -0.2) is 4.98 Å². The first-order valence-electron chi connectivity index (χ1n) is 6.12. The average Bonchev–Trinajstić information content (AvgIpc) is 2.59. The van der Waals surface area contributed by atoms with Gasteiger partial charge in [0.25, 0.3) is 0 Å². The van der Waals surface area contributed by atoms with E-state index in [9.17, 15) is 0 Å². The lowest BCUT2D eigenvalue weighted by Gasteiger charge is -2.20. The Kier molecular flexibility index (Phi) is 3.49. The Morgan fingerprint density at radius 3 is 2.75 bits per heavy atom. The predicted molar refractivity (Wildman–Crippen MR) is 64.4 cm³/mol. The van der Waals surface area contributed by atoms with Gasteiger partial charge in [0.1, 0.15) is 11.6 Å². The molecule has 0 amide bonds. The van der Waals surface area contributed by atoms with E-state index in [4.69, 9.17) is 15.5 Å². The number of nitrogen functional groups attached to an aromatic ring is 1. The summed E-state index contributed by atoms with van der Waals surface area (Å²) < 4.78 is 7.41. The summed E-state index contributed by atoms with van der Waals surface area (Å²) in [7, 11) is 2.01. The van der Waals surface area contributed by atoms with Gasteiger partial charge in [0.05, 0.1) is 5.69 Å². The first-order valence-corrected chi connectivity index (χ1v) is 6.12. The van der Waals surface area contributed by atoms with Crippen molar-refractivity contribution in [2.75, 3.05) is 18.9 Å². The lowest BCUT2D eigenvalue weighted by molar-refractivity contribution is 0.0847. The normalized spacial score (nSPS) is 17.9. The minimum absolute atomic E-state index is 0.491. The maximum Gasteiger partial charge on any atom is 0.126 e. The van der Waals surface area contributed by atoms with E-state index < -0.39 is 0 Å². The highest BCUT2D eigenvalue weighted by Gasteiger charge is 2.22. The van der Waals surface area contributed by atoms with Crippen LogP contribution in [0.5, 0.6) is 0 Å². The SMILES string of the molecule is CCCc1nc(C2CCOCC2)c(N)n1C. The smallest absolute Gasteiger partial charge is 0.126 e. The highest BCUT2D eigenvalue weighted by Crippen LogP contribution is 2.30. The van der Waals surface area contributed by atoms with Crippen LogP contribution in [0, 0.1) is 0 Å². The Labute approximate surface area is 96.8 Å². The van der Waals surface area contributed by atoms with Crippen molar-refractivity contribution < 1.29 is 4.74 Å². The van der Waals surface area contributed by atoms with Crippen LogP contribution in [-0.4, -0.2) is 22.8 Å². The van der Waals surface area contributed by atoms with E-state index in [1.807, 2.05) is 11.6 Å². The maximum atomic E-state index is 6.12. The topological polar surface area (TPSA) is 53.1 Å². The fraction of sp³-hybridized carbons (Fsp3) is 0.750. The number of imidazole rings is 1. The van der Waals surface area contributed by atoms with E-state index in [-0.39, 0.29) is 0 Å². The van der Waals surface area contributed by atoms with E-state index >= 15 is 0 Å². The lowest BCUT2D eigenvalue weighted by atomic mass is 9.96. The van der Waals surface area contributed by atoms with Crippen molar-refractivity contribution in [3.05, 3.63) is 11.5 Å². The van der Waals surface area contributed by atoms with Crippen LogP contribution in [0.15, 0.2) is 0 Å². The third-order valence-corrected chi connectivity index (χ3v) is 3.34. The molecule has 2 heterocycles. The van der Waals surface area contributed by atoms with Crippen LogP contribution in [0.25, 0.3) is 0 Å². The molecule has 0 radical (unpaired) electrons. The molecule has 0 aromatic carbocycles. The number of ether oxygens (including phenoxy) is 1. The molecule has 16 heavy (non-hydrogen) atoms. The molecule has 90 valence electrons. The van der Waals surface area contributed by atoms with Gasteiger partial charge >= 0.3 is 0 Å². The van der Waals surface area contributed by atoms with Crippen molar-refractivity contribution in [2.45, 2.75) is 38.5 Å². The van der Waals surface area contributed by atoms with Crippen LogP contribution in [0.2, 0.25) is 0 Å². The summed E-state index contributed by atoms with van der Waals surface area (Å²) in [5.74, 6) is 2.45. The summed E-state index contributed by atoms with van der Waals surface area (Å²) in [5.41, 5.74) is 7.22. The molecule has 4 heteroatoms. The summed E-state index contributed by atoms with van der Waals surface area (Å²) in [6.07, 6.45) is 4.21. The van der Waals surface area contributed by atoms with E-state index in [1.54, 1.807) is 0 Å². The summed E-state index contributed by atoms with van der Waals surface area (Å²) >= 11 is 0. The molecular weight excluding hydrogens is 202 g/mol. The molecule has 0 aliphatic carbocycles. The van der Waals surface area contributed by atoms with E-state index in [0.29, 0.717) is 5.92 Å². The molecule has 1 aliphatic heterocycles. The molecule has 1 fully saturated rings. The Hall–Kier alpha value is -1.03. The van der Waals surface area contributed by atoms with Crippen LogP contribution >= 0.6 is 0 Å². The van der Waals surface area contributed by atoms with Crippen molar-refractivity contribution in [3.8, 4) is 0 Å². The van der Waals surface area contributed by atoms with Crippen molar-refractivity contribution in [1.29, 1.82) is 0 Å². The molecule has 1 aromatic heterocycles. The summed E-state index contributed by atoms with van der Waals surface area (Å²) in [5, 5.41) is 0. The zero-order valence-corrected chi connectivity index (χ0v) is 10.2. The molecule has 1 aliphatic rings. The molecular formula is C12H21N3O. The van der Waals surface area contributed by atoms with Crippen molar-refractivity contribution in [1.82, 2.24) is 9.55 Å². The second-order valence-corrected chi connectivity index (χ2v) is 4.49. The van der Waals surface area contributed by atoms with Gasteiger partial charge in [-0.15, -0.1) is 0 Å². The number of aromatic nitrogens is 2. The Morgan fingerprint density at radius 1 is 1.44 bits per heavy atom. The fourth-order valence-electron chi connectivity index (χ4n) is 2.30. The highest BCUT2D eigenvalue weighted by molar-refractivity contribution is 5.40. The zero-order chi connectivity index (χ0) is 11.5. The molecule has 2 N–H and O–H groups in total. The molecule has 1 saturated heterocycles. The van der Waals surface area contributed by atoms with Crippen LogP contribution in [0.3, 0.4) is 0 Å². The van der Waals surface area contributed by atoms with Gasteiger partial charge in [-0.3, -0.25) is 0 Å². The fourth-order valence-corrected chi connectivity index (χ4v) is 2.30. The third kappa shape index (κ3) is 2.07. The number of aryl methyl sites for hydroxylation is 1. The minimum Gasteiger partial charge on any atom is -0.384 e. The van der Waals surface area contributed by atoms with Crippen LogP contribution in [0.4, 0.5) is 5.82 Å². The minimum atomic E-state index is 0.491. The molecule has 0 spiro atoms. The molecule has 0 bridgehead atoms. The standard InChI is InChI=1S/C12H21N3O/c1-3-4-10-14-11(12(13)15(10)2)9-5-7-16-8-6-9/h9H,3-8,13H2,1-2H3. The van der Waals surface area contributed by atoms with Crippen LogP contribution in [-0.2, 0) is 18.2 Å². The van der Waals surface area contributed by atoms with Gasteiger partial charge in [-0.2, -0.15) is 0 Å². The summed E-state index contributed by atoms with van der Waals surface area (Å²) in [6.45, 7) is 3.84. The first-order chi connectivity index (χ1) is 7.74. The Morgan fingerprint density at radius 2 is 2.12 bits per heavy atom. The predicted octanol–water partition coefficient (Wildman–Crippen LogP) is 1.85. The van der Waals surface area contributed by atoms with Crippen molar-refractivity contribution >= 4 is 5.82 Å². The third-order valence-electron chi connectivity index (χ3n) is 3.34. The Bertz CT molecular complexity index is 353. The quantitative estimate of drug-likeness (QED) is 0.850. The average molecular weight is 223 g/mol. The van der Waals surface area contributed by atoms with Gasteiger partial charge in [0.2, 0.25) is 0 Å². The van der Waals surface area contributed by atoms with E-state index in [2.05, 4.69) is 6.92 Å². The molecule has 0 saturated carbocycles. The molecule has 0 atom stereocenters. The molecule has 2 rings (SSSR count).